The SMILES string of the molecule is N#Cc1ccccc1N1CCN2c3ccc([N+](=O)[O-])cc3C[C@H](C(=O)NCCN3CCOCC3)[C@H]2C1. The van der Waals surface area contributed by atoms with Gasteiger partial charge in [-0.25, -0.2) is 0 Å². The molecule has 3 heterocycles. The average Bonchev–Trinajstić information content (AvgIpc) is 2.92. The zero-order valence-electron chi connectivity index (χ0n) is 20.1. The standard InChI is InChI=1S/C26H30N6O4/c27-17-19-3-1-2-4-23(19)30-9-10-31-24-6-5-21(32(34)35)15-20(24)16-22(25(31)18-30)26(33)28-7-8-29-11-13-36-14-12-29/h1-6,15,22,25H,7-14,16,18H2,(H,28,33)/t22-,25+/m0/s1. The molecule has 2 atom stereocenters. The number of carbonyl (C=O) groups is 1. The van der Waals surface area contributed by atoms with Gasteiger partial charge in [0.15, 0.2) is 0 Å². The van der Waals surface area contributed by atoms with Gasteiger partial charge in [-0.15, -0.1) is 0 Å². The highest BCUT2D eigenvalue weighted by molar-refractivity contribution is 5.82. The monoisotopic (exact) mass is 490 g/mol. The summed E-state index contributed by atoms with van der Waals surface area (Å²) in [5, 5.41) is 24.1. The lowest BCUT2D eigenvalue weighted by atomic mass is 9.83. The molecule has 3 aliphatic heterocycles. The first-order valence-corrected chi connectivity index (χ1v) is 12.4. The van der Waals surface area contributed by atoms with E-state index >= 15 is 0 Å². The molecule has 36 heavy (non-hydrogen) atoms. The Morgan fingerprint density at radius 2 is 1.94 bits per heavy atom. The fourth-order valence-electron chi connectivity index (χ4n) is 5.58. The first-order chi connectivity index (χ1) is 17.5. The molecule has 0 radical (unpaired) electrons. The van der Waals surface area contributed by atoms with E-state index in [1.807, 2.05) is 30.3 Å². The molecule has 2 aromatic carbocycles. The van der Waals surface area contributed by atoms with Crippen LogP contribution in [0.4, 0.5) is 17.1 Å². The van der Waals surface area contributed by atoms with Gasteiger partial charge in [0, 0.05) is 63.6 Å². The number of nitrogens with zero attached hydrogens (tertiary/aromatic N) is 5. The van der Waals surface area contributed by atoms with Gasteiger partial charge in [-0.2, -0.15) is 5.26 Å². The van der Waals surface area contributed by atoms with Crippen molar-refractivity contribution in [2.24, 2.45) is 5.92 Å². The highest BCUT2D eigenvalue weighted by Gasteiger charge is 2.42. The molecule has 5 rings (SSSR count). The zero-order valence-corrected chi connectivity index (χ0v) is 20.1. The van der Waals surface area contributed by atoms with Crippen molar-refractivity contribution in [1.82, 2.24) is 10.2 Å². The molecule has 0 spiro atoms. The number of ether oxygens (including phenoxy) is 1. The quantitative estimate of drug-likeness (QED) is 0.481. The number of piperazine rings is 1. The minimum atomic E-state index is -0.388. The van der Waals surface area contributed by atoms with Crippen LogP contribution < -0.4 is 15.1 Å². The number of nitro groups is 1. The van der Waals surface area contributed by atoms with E-state index in [1.165, 1.54) is 6.07 Å². The Morgan fingerprint density at radius 3 is 2.72 bits per heavy atom. The fourth-order valence-corrected chi connectivity index (χ4v) is 5.58. The Morgan fingerprint density at radius 1 is 1.14 bits per heavy atom. The van der Waals surface area contributed by atoms with E-state index in [1.54, 1.807) is 6.07 Å². The van der Waals surface area contributed by atoms with E-state index in [0.717, 1.165) is 36.6 Å². The second-order valence-electron chi connectivity index (χ2n) is 9.46. The van der Waals surface area contributed by atoms with Crippen LogP contribution in [0.1, 0.15) is 11.1 Å². The summed E-state index contributed by atoms with van der Waals surface area (Å²) in [6.45, 7) is 6.40. The van der Waals surface area contributed by atoms with Gasteiger partial charge in [-0.3, -0.25) is 19.8 Å². The smallest absolute Gasteiger partial charge is 0.269 e. The number of morpholine rings is 1. The number of non-ortho nitro benzene ring substituents is 1. The van der Waals surface area contributed by atoms with E-state index in [9.17, 15) is 20.2 Å². The normalized spacial score (nSPS) is 21.8. The van der Waals surface area contributed by atoms with Crippen molar-refractivity contribution >= 4 is 23.0 Å². The summed E-state index contributed by atoms with van der Waals surface area (Å²) < 4.78 is 5.40. The van der Waals surface area contributed by atoms with Crippen LogP contribution in [0, 0.1) is 27.4 Å². The molecule has 3 aliphatic rings. The van der Waals surface area contributed by atoms with Crippen molar-refractivity contribution in [3.05, 3.63) is 63.7 Å². The number of anilines is 2. The number of para-hydroxylation sites is 1. The van der Waals surface area contributed by atoms with Crippen LogP contribution in [0.25, 0.3) is 0 Å². The van der Waals surface area contributed by atoms with Crippen LogP contribution in [0.3, 0.4) is 0 Å². The fraction of sp³-hybridized carbons (Fsp3) is 0.462. The number of amides is 1. The van der Waals surface area contributed by atoms with Crippen LogP contribution in [-0.2, 0) is 16.0 Å². The summed E-state index contributed by atoms with van der Waals surface area (Å²) in [5.41, 5.74) is 3.32. The van der Waals surface area contributed by atoms with Gasteiger partial charge in [0.1, 0.15) is 6.07 Å². The largest absolute Gasteiger partial charge is 0.379 e. The highest BCUT2D eigenvalue weighted by Crippen LogP contribution is 2.39. The number of benzene rings is 2. The maximum atomic E-state index is 13.5. The molecule has 0 saturated carbocycles. The molecule has 2 saturated heterocycles. The molecule has 0 aliphatic carbocycles. The molecule has 0 unspecified atom stereocenters. The number of fused-ring (bicyclic) bond motifs is 3. The molecule has 10 nitrogen and oxygen atoms in total. The van der Waals surface area contributed by atoms with Crippen molar-refractivity contribution in [2.45, 2.75) is 12.5 Å². The number of carbonyl (C=O) groups excluding carboxylic acids is 1. The Balaban J connectivity index is 1.38. The van der Waals surface area contributed by atoms with Crippen LogP contribution in [0.5, 0.6) is 0 Å². The van der Waals surface area contributed by atoms with Gasteiger partial charge in [-0.1, -0.05) is 12.1 Å². The molecular weight excluding hydrogens is 460 g/mol. The Labute approximate surface area is 210 Å². The number of hydrogen-bond donors (Lipinski definition) is 1. The van der Waals surface area contributed by atoms with Crippen LogP contribution >= 0.6 is 0 Å². The molecule has 1 amide bonds. The molecular formula is C26H30N6O4. The predicted octanol–water partition coefficient (Wildman–Crippen LogP) is 1.78. The summed E-state index contributed by atoms with van der Waals surface area (Å²) in [7, 11) is 0. The number of rotatable bonds is 6. The summed E-state index contributed by atoms with van der Waals surface area (Å²) in [6.07, 6.45) is 0.440. The molecule has 1 N–H and O–H groups in total. The first-order valence-electron chi connectivity index (χ1n) is 12.4. The van der Waals surface area contributed by atoms with Crippen molar-refractivity contribution in [3.8, 4) is 6.07 Å². The minimum Gasteiger partial charge on any atom is -0.379 e. The van der Waals surface area contributed by atoms with Crippen LogP contribution in [0.2, 0.25) is 0 Å². The summed E-state index contributed by atoms with van der Waals surface area (Å²) >= 11 is 0. The molecule has 0 aromatic heterocycles. The van der Waals surface area contributed by atoms with Crippen molar-refractivity contribution in [3.63, 3.8) is 0 Å². The average molecular weight is 491 g/mol. The van der Waals surface area contributed by atoms with Crippen LogP contribution in [-0.4, -0.2) is 80.8 Å². The van der Waals surface area contributed by atoms with E-state index in [4.69, 9.17) is 4.74 Å². The molecule has 2 aromatic rings. The summed E-state index contributed by atoms with van der Waals surface area (Å²) in [5.74, 6) is -0.396. The maximum Gasteiger partial charge on any atom is 0.269 e. The number of nitrogens with one attached hydrogen (secondary N) is 1. The van der Waals surface area contributed by atoms with Crippen LogP contribution in [0.15, 0.2) is 42.5 Å². The van der Waals surface area contributed by atoms with Gasteiger partial charge >= 0.3 is 0 Å². The third-order valence-corrected chi connectivity index (χ3v) is 7.44. The van der Waals surface area contributed by atoms with Crippen molar-refractivity contribution in [1.29, 1.82) is 5.26 Å². The van der Waals surface area contributed by atoms with Crippen molar-refractivity contribution in [2.75, 3.05) is 68.8 Å². The second kappa shape index (κ2) is 10.5. The van der Waals surface area contributed by atoms with Gasteiger partial charge in [0.2, 0.25) is 5.91 Å². The molecule has 0 bridgehead atoms. The first kappa shape index (κ1) is 24.0. The third-order valence-electron chi connectivity index (χ3n) is 7.44. The third kappa shape index (κ3) is 4.85. The minimum absolute atomic E-state index is 0.0363. The van der Waals surface area contributed by atoms with Gasteiger partial charge < -0.3 is 19.9 Å². The number of hydrogen-bond acceptors (Lipinski definition) is 8. The lowest BCUT2D eigenvalue weighted by Gasteiger charge is -2.49. The Kier molecular flexibility index (Phi) is 7.02. The zero-order chi connectivity index (χ0) is 25.1. The highest BCUT2D eigenvalue weighted by atomic mass is 16.6. The lowest BCUT2D eigenvalue weighted by Crippen LogP contribution is -2.61. The maximum absolute atomic E-state index is 13.5. The van der Waals surface area contributed by atoms with E-state index in [-0.39, 0.29) is 28.5 Å². The lowest BCUT2D eigenvalue weighted by molar-refractivity contribution is -0.384. The van der Waals surface area contributed by atoms with E-state index in [0.29, 0.717) is 51.4 Å². The molecule has 188 valence electrons. The van der Waals surface area contributed by atoms with E-state index in [2.05, 4.69) is 26.1 Å². The number of nitriles is 1. The summed E-state index contributed by atoms with van der Waals surface area (Å²) in [4.78, 5) is 31.2. The summed E-state index contributed by atoms with van der Waals surface area (Å²) in [6, 6.07) is 14.7. The predicted molar refractivity (Wildman–Crippen MR) is 135 cm³/mol. The Hall–Kier alpha value is -3.68. The van der Waals surface area contributed by atoms with Gasteiger partial charge in [-0.05, 0) is 30.2 Å². The molecule has 10 heteroatoms. The van der Waals surface area contributed by atoms with E-state index < -0.39 is 0 Å². The number of nitro benzene ring substituents is 1. The molecule has 2 fully saturated rings. The van der Waals surface area contributed by atoms with Crippen molar-refractivity contribution < 1.29 is 14.5 Å². The van der Waals surface area contributed by atoms with Gasteiger partial charge in [0.25, 0.3) is 5.69 Å². The topological polar surface area (TPSA) is 115 Å². The Bertz CT molecular complexity index is 1180. The van der Waals surface area contributed by atoms with Gasteiger partial charge in [0.05, 0.1) is 41.3 Å². The second-order valence-corrected chi connectivity index (χ2v) is 9.46.